The van der Waals surface area contributed by atoms with E-state index in [4.69, 9.17) is 0 Å². The van der Waals surface area contributed by atoms with Crippen molar-refractivity contribution in [3.8, 4) is 0 Å². The van der Waals surface area contributed by atoms with Gasteiger partial charge < -0.3 is 10.4 Å². The van der Waals surface area contributed by atoms with Crippen molar-refractivity contribution in [2.75, 3.05) is 11.9 Å². The Morgan fingerprint density at radius 1 is 1.33 bits per heavy atom. The lowest BCUT2D eigenvalue weighted by molar-refractivity contribution is 0.0697. The predicted octanol–water partition coefficient (Wildman–Crippen LogP) is 2.28. The summed E-state index contributed by atoms with van der Waals surface area (Å²) in [4.78, 5) is 11.3. The Balaban J connectivity index is 3.17. The highest BCUT2D eigenvalue weighted by Crippen LogP contribution is 2.22. The van der Waals surface area contributed by atoms with Crippen LogP contribution in [0.5, 0.6) is 0 Å². The summed E-state index contributed by atoms with van der Waals surface area (Å²) >= 11 is 0. The molecule has 1 rings (SSSR count). The molecule has 0 aliphatic carbocycles. The van der Waals surface area contributed by atoms with Gasteiger partial charge in [0.1, 0.15) is 0 Å². The number of carboxylic acid groups (broad SMARTS) is 1. The molecule has 0 fully saturated rings. The van der Waals surface area contributed by atoms with E-state index in [1.807, 2.05) is 13.8 Å². The third kappa shape index (κ3) is 4.71. The number of anilines is 1. The van der Waals surface area contributed by atoms with Crippen molar-refractivity contribution in [1.29, 1.82) is 0 Å². The van der Waals surface area contributed by atoms with Crippen LogP contribution in [0.2, 0.25) is 0 Å². The largest absolute Gasteiger partial charge is 0.478 e. The molecular formula is C14H22N2O4S. The number of carbonyl (C=O) groups is 1. The van der Waals surface area contributed by atoms with Gasteiger partial charge in [-0.05, 0) is 31.5 Å². The molecule has 0 heterocycles. The summed E-state index contributed by atoms with van der Waals surface area (Å²) in [5.41, 5.74) is 0.385. The van der Waals surface area contributed by atoms with Crippen LogP contribution in [0.3, 0.4) is 0 Å². The van der Waals surface area contributed by atoms with Gasteiger partial charge in [-0.25, -0.2) is 17.9 Å². The van der Waals surface area contributed by atoms with E-state index in [0.29, 0.717) is 5.69 Å². The molecule has 6 nitrogen and oxygen atoms in total. The van der Waals surface area contributed by atoms with Crippen molar-refractivity contribution in [2.45, 2.75) is 44.6 Å². The van der Waals surface area contributed by atoms with Gasteiger partial charge in [0, 0.05) is 18.3 Å². The second-order valence-corrected chi connectivity index (χ2v) is 6.61. The Hall–Kier alpha value is -1.60. The fraction of sp³-hybridized carbons (Fsp3) is 0.500. The summed E-state index contributed by atoms with van der Waals surface area (Å²) in [6, 6.07) is 4.20. The molecule has 0 aromatic heterocycles. The molecule has 1 aromatic rings. The first-order valence-electron chi connectivity index (χ1n) is 6.95. The topological polar surface area (TPSA) is 95.5 Å². The maximum absolute atomic E-state index is 11.9. The van der Waals surface area contributed by atoms with Crippen molar-refractivity contribution in [3.05, 3.63) is 23.8 Å². The van der Waals surface area contributed by atoms with Crippen LogP contribution in [-0.4, -0.2) is 32.1 Å². The molecule has 0 spiro atoms. The van der Waals surface area contributed by atoms with Crippen molar-refractivity contribution >= 4 is 21.7 Å². The van der Waals surface area contributed by atoms with Crippen molar-refractivity contribution in [3.63, 3.8) is 0 Å². The summed E-state index contributed by atoms with van der Waals surface area (Å²) in [6.07, 6.45) is 1.87. The second-order valence-electron chi connectivity index (χ2n) is 4.85. The fourth-order valence-corrected chi connectivity index (χ4v) is 3.10. The number of hydrogen-bond donors (Lipinski definition) is 3. The predicted molar refractivity (Wildman–Crippen MR) is 82.3 cm³/mol. The standard InChI is InChI=1S/C14H22N2O4S/c1-4-6-10(3)16-13-8-7-11(9-12(13)14(17)18)21(19,20)15-5-2/h7-10,15-16H,4-6H2,1-3H3,(H,17,18). The van der Waals surface area contributed by atoms with Gasteiger partial charge in [0.05, 0.1) is 10.5 Å². The quantitative estimate of drug-likeness (QED) is 0.684. The molecule has 0 aliphatic rings. The summed E-state index contributed by atoms with van der Waals surface area (Å²) in [5.74, 6) is -1.16. The zero-order valence-corrected chi connectivity index (χ0v) is 13.3. The molecule has 0 bridgehead atoms. The van der Waals surface area contributed by atoms with Gasteiger partial charge in [0.2, 0.25) is 10.0 Å². The van der Waals surface area contributed by atoms with Gasteiger partial charge in [-0.3, -0.25) is 0 Å². The number of carboxylic acids is 1. The molecule has 1 aromatic carbocycles. The van der Waals surface area contributed by atoms with E-state index in [9.17, 15) is 18.3 Å². The number of sulfonamides is 1. The van der Waals surface area contributed by atoms with Crippen LogP contribution in [0.1, 0.15) is 44.0 Å². The fourth-order valence-electron chi connectivity index (χ4n) is 2.04. The average molecular weight is 314 g/mol. The maximum Gasteiger partial charge on any atom is 0.337 e. The third-order valence-corrected chi connectivity index (χ3v) is 4.53. The Morgan fingerprint density at radius 2 is 2.00 bits per heavy atom. The molecule has 0 aliphatic heterocycles. The first-order chi connectivity index (χ1) is 9.81. The van der Waals surface area contributed by atoms with Gasteiger partial charge >= 0.3 is 5.97 Å². The lowest BCUT2D eigenvalue weighted by Gasteiger charge is -2.17. The van der Waals surface area contributed by atoms with Crippen molar-refractivity contribution in [2.24, 2.45) is 0 Å². The minimum Gasteiger partial charge on any atom is -0.478 e. The molecule has 1 atom stereocenters. The molecule has 7 heteroatoms. The third-order valence-electron chi connectivity index (χ3n) is 2.99. The minimum absolute atomic E-state index is 0.0445. The zero-order chi connectivity index (χ0) is 16.0. The number of hydrogen-bond acceptors (Lipinski definition) is 4. The van der Waals surface area contributed by atoms with Crippen molar-refractivity contribution in [1.82, 2.24) is 4.72 Å². The van der Waals surface area contributed by atoms with Gasteiger partial charge in [0.25, 0.3) is 0 Å². The first-order valence-corrected chi connectivity index (χ1v) is 8.43. The van der Waals surface area contributed by atoms with E-state index in [1.165, 1.54) is 18.2 Å². The Bertz CT molecular complexity index is 599. The summed E-state index contributed by atoms with van der Waals surface area (Å²) < 4.78 is 26.2. The van der Waals surface area contributed by atoms with Crippen LogP contribution < -0.4 is 10.0 Å². The van der Waals surface area contributed by atoms with Crippen molar-refractivity contribution < 1.29 is 18.3 Å². The highest BCUT2D eigenvalue weighted by atomic mass is 32.2. The Kier molecular flexibility index (Phi) is 6.17. The molecule has 21 heavy (non-hydrogen) atoms. The smallest absolute Gasteiger partial charge is 0.337 e. The van der Waals surface area contributed by atoms with Crippen LogP contribution in [0.15, 0.2) is 23.1 Å². The van der Waals surface area contributed by atoms with E-state index in [1.54, 1.807) is 6.92 Å². The van der Waals surface area contributed by atoms with E-state index >= 15 is 0 Å². The van der Waals surface area contributed by atoms with Gasteiger partial charge in [-0.15, -0.1) is 0 Å². The number of aromatic carboxylic acids is 1. The highest BCUT2D eigenvalue weighted by Gasteiger charge is 2.18. The Morgan fingerprint density at radius 3 is 2.52 bits per heavy atom. The maximum atomic E-state index is 11.9. The monoisotopic (exact) mass is 314 g/mol. The number of benzene rings is 1. The molecule has 0 amide bonds. The lowest BCUT2D eigenvalue weighted by Crippen LogP contribution is -2.24. The van der Waals surface area contributed by atoms with Crippen LogP contribution in [0.4, 0.5) is 5.69 Å². The van der Waals surface area contributed by atoms with Crippen LogP contribution in [0.25, 0.3) is 0 Å². The molecular weight excluding hydrogens is 292 g/mol. The van der Waals surface area contributed by atoms with E-state index in [2.05, 4.69) is 10.0 Å². The minimum atomic E-state index is -3.66. The zero-order valence-electron chi connectivity index (χ0n) is 12.5. The molecule has 0 saturated carbocycles. The van der Waals surface area contributed by atoms with Gasteiger partial charge in [-0.1, -0.05) is 20.3 Å². The first kappa shape index (κ1) is 17.5. The SMILES string of the molecule is CCCC(C)Nc1ccc(S(=O)(=O)NCC)cc1C(=O)O. The summed E-state index contributed by atoms with van der Waals surface area (Å²) in [7, 11) is -3.66. The average Bonchev–Trinajstić information content (AvgIpc) is 2.38. The lowest BCUT2D eigenvalue weighted by atomic mass is 10.1. The molecule has 0 saturated heterocycles. The Labute approximate surface area is 125 Å². The highest BCUT2D eigenvalue weighted by molar-refractivity contribution is 7.89. The molecule has 3 N–H and O–H groups in total. The molecule has 0 radical (unpaired) electrons. The van der Waals surface area contributed by atoms with Crippen LogP contribution >= 0.6 is 0 Å². The second kappa shape index (κ2) is 7.42. The van der Waals surface area contributed by atoms with E-state index in [0.717, 1.165) is 12.8 Å². The number of rotatable bonds is 8. The van der Waals surface area contributed by atoms with E-state index in [-0.39, 0.29) is 23.0 Å². The summed E-state index contributed by atoms with van der Waals surface area (Å²) in [5, 5.41) is 12.4. The normalized spacial score (nSPS) is 12.9. The summed E-state index contributed by atoms with van der Waals surface area (Å²) in [6.45, 7) is 5.91. The van der Waals surface area contributed by atoms with E-state index < -0.39 is 16.0 Å². The van der Waals surface area contributed by atoms with Gasteiger partial charge in [0.15, 0.2) is 0 Å². The van der Waals surface area contributed by atoms with Crippen LogP contribution in [-0.2, 0) is 10.0 Å². The van der Waals surface area contributed by atoms with Gasteiger partial charge in [-0.2, -0.15) is 0 Å². The molecule has 118 valence electrons. The number of nitrogens with one attached hydrogen (secondary N) is 2. The molecule has 1 unspecified atom stereocenters. The van der Waals surface area contributed by atoms with Crippen LogP contribution in [0, 0.1) is 0 Å².